The summed E-state index contributed by atoms with van der Waals surface area (Å²) in [5, 5.41) is 8.89. The topological polar surface area (TPSA) is 49.5 Å². The summed E-state index contributed by atoms with van der Waals surface area (Å²) in [6.07, 6.45) is 0.787. The van der Waals surface area contributed by atoms with Crippen LogP contribution in [0, 0.1) is 0 Å². The van der Waals surface area contributed by atoms with E-state index < -0.39 is 0 Å². The van der Waals surface area contributed by atoms with E-state index in [1.165, 1.54) is 0 Å². The second kappa shape index (κ2) is 6.99. The lowest BCUT2D eigenvalue weighted by Crippen LogP contribution is -2.25. The van der Waals surface area contributed by atoms with E-state index in [2.05, 4.69) is 46.0 Å². The lowest BCUT2D eigenvalue weighted by Gasteiger charge is -2.24. The molecule has 96 valence electrons. The summed E-state index contributed by atoms with van der Waals surface area (Å²) in [6.45, 7) is 6.11. The normalized spacial score (nSPS) is 12.5. The van der Waals surface area contributed by atoms with E-state index in [1.54, 1.807) is 0 Å². The maximum absolute atomic E-state index is 8.89. The van der Waals surface area contributed by atoms with Crippen molar-refractivity contribution in [3.63, 3.8) is 0 Å². The third-order valence-corrected chi connectivity index (χ3v) is 3.44. The quantitative estimate of drug-likeness (QED) is 0.849. The molecule has 0 aliphatic rings. The summed E-state index contributed by atoms with van der Waals surface area (Å²) < 4.78 is 1.06. The molecule has 1 aromatic carbocycles. The molecule has 4 heteroatoms. The fourth-order valence-corrected chi connectivity index (χ4v) is 2.42. The first-order valence-electron chi connectivity index (χ1n) is 6.01. The highest BCUT2D eigenvalue weighted by molar-refractivity contribution is 9.10. The Labute approximate surface area is 112 Å². The molecule has 0 heterocycles. The van der Waals surface area contributed by atoms with Gasteiger partial charge in [0.2, 0.25) is 0 Å². The molecule has 0 bridgehead atoms. The zero-order valence-electron chi connectivity index (χ0n) is 10.5. The Morgan fingerprint density at radius 1 is 1.47 bits per heavy atom. The van der Waals surface area contributed by atoms with Crippen molar-refractivity contribution in [3.8, 4) is 0 Å². The molecular weight excluding hydrogens is 280 g/mol. The Balaban J connectivity index is 2.88. The summed E-state index contributed by atoms with van der Waals surface area (Å²) in [4.78, 5) is 2.24. The average Bonchev–Trinajstić information content (AvgIpc) is 2.31. The smallest absolute Gasteiger partial charge is 0.0510 e. The van der Waals surface area contributed by atoms with Gasteiger partial charge in [0.25, 0.3) is 0 Å². The highest BCUT2D eigenvalue weighted by Crippen LogP contribution is 2.29. The van der Waals surface area contributed by atoms with Crippen molar-refractivity contribution in [2.45, 2.75) is 26.3 Å². The number of anilines is 1. The van der Waals surface area contributed by atoms with Crippen molar-refractivity contribution in [2.24, 2.45) is 5.73 Å². The molecule has 1 atom stereocenters. The summed E-state index contributed by atoms with van der Waals surface area (Å²) in [6, 6.07) is 6.27. The number of hydrogen-bond donors (Lipinski definition) is 2. The molecule has 17 heavy (non-hydrogen) atoms. The molecule has 0 fully saturated rings. The third kappa shape index (κ3) is 3.98. The van der Waals surface area contributed by atoms with Crippen LogP contribution in [0.15, 0.2) is 22.7 Å². The van der Waals surface area contributed by atoms with Crippen LogP contribution in [0.3, 0.4) is 0 Å². The van der Waals surface area contributed by atoms with Crippen LogP contribution in [0.25, 0.3) is 0 Å². The maximum Gasteiger partial charge on any atom is 0.0510 e. The van der Waals surface area contributed by atoms with Crippen LogP contribution < -0.4 is 10.6 Å². The van der Waals surface area contributed by atoms with E-state index >= 15 is 0 Å². The second-order valence-corrected chi connectivity index (χ2v) is 5.01. The predicted octanol–water partition coefficient (Wildman–Crippen LogP) is 2.68. The van der Waals surface area contributed by atoms with Crippen LogP contribution in [0.2, 0.25) is 0 Å². The number of nitrogens with zero attached hydrogens (tertiary/aromatic N) is 1. The van der Waals surface area contributed by atoms with Gasteiger partial charge in [-0.1, -0.05) is 6.07 Å². The summed E-state index contributed by atoms with van der Waals surface area (Å²) in [5.41, 5.74) is 8.14. The summed E-state index contributed by atoms with van der Waals surface area (Å²) >= 11 is 3.59. The van der Waals surface area contributed by atoms with Crippen molar-refractivity contribution < 1.29 is 5.11 Å². The molecule has 0 spiro atoms. The Bertz CT molecular complexity index is 355. The van der Waals surface area contributed by atoms with Gasteiger partial charge in [0, 0.05) is 30.2 Å². The summed E-state index contributed by atoms with van der Waals surface area (Å²) in [7, 11) is 0. The number of halogens is 1. The van der Waals surface area contributed by atoms with Gasteiger partial charge in [0.1, 0.15) is 0 Å². The van der Waals surface area contributed by atoms with E-state index in [-0.39, 0.29) is 12.6 Å². The molecule has 0 amide bonds. The summed E-state index contributed by atoms with van der Waals surface area (Å²) in [5.74, 6) is 0. The molecule has 3 nitrogen and oxygen atoms in total. The minimum atomic E-state index is 0.0490. The number of aliphatic hydroxyl groups excluding tert-OH is 1. The van der Waals surface area contributed by atoms with Crippen LogP contribution in [-0.4, -0.2) is 24.8 Å². The van der Waals surface area contributed by atoms with Crippen molar-refractivity contribution in [1.29, 1.82) is 0 Å². The fraction of sp³-hybridized carbons (Fsp3) is 0.538. The zero-order chi connectivity index (χ0) is 12.8. The largest absolute Gasteiger partial charge is 0.396 e. The first-order chi connectivity index (χ1) is 8.10. The first kappa shape index (κ1) is 14.5. The van der Waals surface area contributed by atoms with Gasteiger partial charge in [-0.05, 0) is 53.9 Å². The fourth-order valence-electron chi connectivity index (χ4n) is 1.77. The highest BCUT2D eigenvalue weighted by atomic mass is 79.9. The van der Waals surface area contributed by atoms with Gasteiger partial charge >= 0.3 is 0 Å². The zero-order valence-corrected chi connectivity index (χ0v) is 12.1. The number of aliphatic hydroxyl groups is 1. The molecule has 1 aromatic rings. The Morgan fingerprint density at radius 3 is 2.65 bits per heavy atom. The molecule has 0 radical (unpaired) electrons. The first-order valence-corrected chi connectivity index (χ1v) is 6.80. The SMILES string of the molecule is CCN(CCCO)c1ccc([C@@H](C)N)cc1Br. The van der Waals surface area contributed by atoms with E-state index in [9.17, 15) is 0 Å². The molecule has 0 unspecified atom stereocenters. The predicted molar refractivity (Wildman–Crippen MR) is 76.3 cm³/mol. The van der Waals surface area contributed by atoms with E-state index in [1.807, 2.05) is 6.92 Å². The van der Waals surface area contributed by atoms with Gasteiger partial charge in [0.15, 0.2) is 0 Å². The van der Waals surface area contributed by atoms with Gasteiger partial charge in [-0.25, -0.2) is 0 Å². The Kier molecular flexibility index (Phi) is 5.95. The number of rotatable bonds is 6. The molecule has 0 saturated heterocycles. The van der Waals surface area contributed by atoms with Crippen molar-refractivity contribution in [2.75, 3.05) is 24.6 Å². The molecular formula is C13H21BrN2O. The van der Waals surface area contributed by atoms with Gasteiger partial charge in [-0.15, -0.1) is 0 Å². The van der Waals surface area contributed by atoms with Crippen LogP contribution in [0.1, 0.15) is 31.9 Å². The standard InChI is InChI=1S/C13H21BrN2O/c1-3-16(7-4-8-17)13-6-5-11(10(2)15)9-12(13)14/h5-6,9-10,17H,3-4,7-8,15H2,1-2H3/t10-/m1/s1. The second-order valence-electron chi connectivity index (χ2n) is 4.16. The van der Waals surface area contributed by atoms with Gasteiger partial charge in [-0.3, -0.25) is 0 Å². The third-order valence-electron chi connectivity index (χ3n) is 2.81. The lowest BCUT2D eigenvalue weighted by molar-refractivity contribution is 0.289. The van der Waals surface area contributed by atoms with Crippen molar-refractivity contribution in [1.82, 2.24) is 0 Å². The minimum Gasteiger partial charge on any atom is -0.396 e. The Morgan fingerprint density at radius 2 is 2.18 bits per heavy atom. The number of hydrogen-bond acceptors (Lipinski definition) is 3. The highest BCUT2D eigenvalue weighted by Gasteiger charge is 2.09. The molecule has 3 N–H and O–H groups in total. The van der Waals surface area contributed by atoms with Crippen LogP contribution >= 0.6 is 15.9 Å². The van der Waals surface area contributed by atoms with Gasteiger partial charge in [-0.2, -0.15) is 0 Å². The monoisotopic (exact) mass is 300 g/mol. The van der Waals surface area contributed by atoms with Crippen molar-refractivity contribution >= 4 is 21.6 Å². The number of benzene rings is 1. The molecule has 0 aromatic heterocycles. The van der Waals surface area contributed by atoms with E-state index in [4.69, 9.17) is 10.8 Å². The Hall–Kier alpha value is -0.580. The molecule has 0 aliphatic carbocycles. The lowest BCUT2D eigenvalue weighted by atomic mass is 10.1. The van der Waals surface area contributed by atoms with E-state index in [0.717, 1.165) is 35.2 Å². The number of nitrogens with two attached hydrogens (primary N) is 1. The maximum atomic E-state index is 8.89. The molecule has 0 aliphatic heterocycles. The minimum absolute atomic E-state index is 0.0490. The van der Waals surface area contributed by atoms with Crippen LogP contribution in [0.5, 0.6) is 0 Å². The van der Waals surface area contributed by atoms with Crippen LogP contribution in [-0.2, 0) is 0 Å². The van der Waals surface area contributed by atoms with Crippen LogP contribution in [0.4, 0.5) is 5.69 Å². The van der Waals surface area contributed by atoms with E-state index in [0.29, 0.717) is 0 Å². The average molecular weight is 301 g/mol. The van der Waals surface area contributed by atoms with Gasteiger partial charge in [0.05, 0.1) is 5.69 Å². The van der Waals surface area contributed by atoms with Gasteiger partial charge < -0.3 is 15.7 Å². The molecule has 0 saturated carbocycles. The van der Waals surface area contributed by atoms with Crippen molar-refractivity contribution in [3.05, 3.63) is 28.2 Å². The molecule has 1 rings (SSSR count).